The molecule has 1 aliphatic heterocycles. The van der Waals surface area contributed by atoms with Crippen molar-refractivity contribution in [1.82, 2.24) is 10.2 Å². The highest BCUT2D eigenvalue weighted by Crippen LogP contribution is 2.17. The number of benzene rings is 1. The molecule has 0 aliphatic carbocycles. The summed E-state index contributed by atoms with van der Waals surface area (Å²) in [5.41, 5.74) is 1.17. The third-order valence-corrected chi connectivity index (χ3v) is 4.33. The molecule has 3 nitrogen and oxygen atoms in total. The third-order valence-electron chi connectivity index (χ3n) is 3.10. The van der Waals surface area contributed by atoms with Gasteiger partial charge in [-0.05, 0) is 24.6 Å². The van der Waals surface area contributed by atoms with Gasteiger partial charge in [0, 0.05) is 36.5 Å². The van der Waals surface area contributed by atoms with Crippen molar-refractivity contribution in [3.8, 4) is 0 Å². The van der Waals surface area contributed by atoms with Crippen molar-refractivity contribution in [3.63, 3.8) is 0 Å². The average molecular weight is 335 g/mol. The number of nitrogens with zero attached hydrogens (tertiary/aromatic N) is 1. The highest BCUT2D eigenvalue weighted by molar-refractivity contribution is 7.99. The molecule has 1 aliphatic rings. The molecule has 0 bridgehead atoms. The summed E-state index contributed by atoms with van der Waals surface area (Å²) in [5.74, 6) is 1.60. The molecule has 20 heavy (non-hydrogen) atoms. The topological polar surface area (TPSA) is 32.3 Å². The zero-order chi connectivity index (χ0) is 13.7. The van der Waals surface area contributed by atoms with E-state index in [4.69, 9.17) is 11.6 Å². The third kappa shape index (κ3) is 5.52. The smallest absolute Gasteiger partial charge is 0.232 e. The number of thioether (sulfide) groups is 1. The maximum atomic E-state index is 12.1. The minimum absolute atomic E-state index is 0. The minimum atomic E-state index is 0. The molecule has 2 rings (SSSR count). The first-order valence-corrected chi connectivity index (χ1v) is 8.02. The molecule has 0 saturated carbocycles. The second-order valence-corrected chi connectivity index (χ2v) is 6.24. The van der Waals surface area contributed by atoms with Crippen molar-refractivity contribution >= 4 is 41.7 Å². The Bertz CT molecular complexity index is 445. The Morgan fingerprint density at radius 1 is 1.55 bits per heavy atom. The molecular formula is C14H20Cl2N2OS. The van der Waals surface area contributed by atoms with E-state index in [2.05, 4.69) is 12.2 Å². The molecule has 0 radical (unpaired) electrons. The van der Waals surface area contributed by atoms with E-state index >= 15 is 0 Å². The lowest BCUT2D eigenvalue weighted by atomic mass is 10.2. The Balaban J connectivity index is 0.00000200. The fraction of sp³-hybridized carbons (Fsp3) is 0.500. The zero-order valence-electron chi connectivity index (χ0n) is 11.5. The minimum Gasteiger partial charge on any atom is -0.339 e. The van der Waals surface area contributed by atoms with Gasteiger partial charge in [-0.1, -0.05) is 23.7 Å². The van der Waals surface area contributed by atoms with Crippen LogP contribution in [0.15, 0.2) is 24.3 Å². The highest BCUT2D eigenvalue weighted by Gasteiger charge is 2.19. The second-order valence-electron chi connectivity index (χ2n) is 4.82. The van der Waals surface area contributed by atoms with E-state index in [0.717, 1.165) is 30.4 Å². The first kappa shape index (κ1) is 17.6. The SMILES string of the molecule is CC1CN(C(=O)CSCc2cccc(Cl)c2)CCN1.Cl. The number of halogens is 2. The van der Waals surface area contributed by atoms with E-state index in [9.17, 15) is 4.79 Å². The van der Waals surface area contributed by atoms with Crippen LogP contribution in [0, 0.1) is 0 Å². The van der Waals surface area contributed by atoms with E-state index in [-0.39, 0.29) is 18.3 Å². The lowest BCUT2D eigenvalue weighted by Gasteiger charge is -2.31. The van der Waals surface area contributed by atoms with Gasteiger partial charge in [0.25, 0.3) is 0 Å². The molecule has 1 N–H and O–H groups in total. The van der Waals surface area contributed by atoms with E-state index in [1.54, 1.807) is 11.8 Å². The largest absolute Gasteiger partial charge is 0.339 e. The number of amides is 1. The lowest BCUT2D eigenvalue weighted by molar-refractivity contribution is -0.129. The number of hydrogen-bond acceptors (Lipinski definition) is 3. The normalized spacial score (nSPS) is 18.5. The Labute approximate surface area is 135 Å². The highest BCUT2D eigenvalue weighted by atomic mass is 35.5. The number of piperazine rings is 1. The number of nitrogens with one attached hydrogen (secondary N) is 1. The summed E-state index contributed by atoms with van der Waals surface area (Å²) < 4.78 is 0. The van der Waals surface area contributed by atoms with Crippen molar-refractivity contribution in [2.24, 2.45) is 0 Å². The molecule has 1 fully saturated rings. The molecule has 6 heteroatoms. The fourth-order valence-corrected chi connectivity index (χ4v) is 3.22. The van der Waals surface area contributed by atoms with Crippen LogP contribution in [0.1, 0.15) is 12.5 Å². The monoisotopic (exact) mass is 334 g/mol. The van der Waals surface area contributed by atoms with Gasteiger partial charge in [-0.15, -0.1) is 24.2 Å². The van der Waals surface area contributed by atoms with Crippen molar-refractivity contribution in [3.05, 3.63) is 34.9 Å². The molecule has 1 saturated heterocycles. The summed E-state index contributed by atoms with van der Waals surface area (Å²) in [6.45, 7) is 4.64. The summed E-state index contributed by atoms with van der Waals surface area (Å²) >= 11 is 7.58. The summed E-state index contributed by atoms with van der Waals surface area (Å²) in [7, 11) is 0. The van der Waals surface area contributed by atoms with Gasteiger partial charge >= 0.3 is 0 Å². The molecular weight excluding hydrogens is 315 g/mol. The van der Waals surface area contributed by atoms with Gasteiger partial charge in [0.2, 0.25) is 5.91 Å². The van der Waals surface area contributed by atoms with E-state index in [1.165, 1.54) is 5.56 Å². The van der Waals surface area contributed by atoms with Crippen LogP contribution in [0.25, 0.3) is 0 Å². The molecule has 0 spiro atoms. The van der Waals surface area contributed by atoms with Gasteiger partial charge in [0.15, 0.2) is 0 Å². The van der Waals surface area contributed by atoms with Crippen molar-refractivity contribution in [2.75, 3.05) is 25.4 Å². The van der Waals surface area contributed by atoms with Crippen molar-refractivity contribution in [2.45, 2.75) is 18.7 Å². The Morgan fingerprint density at radius 3 is 3.05 bits per heavy atom. The number of hydrogen-bond donors (Lipinski definition) is 1. The Hall–Kier alpha value is -0.420. The molecule has 1 amide bonds. The van der Waals surface area contributed by atoms with Crippen molar-refractivity contribution in [1.29, 1.82) is 0 Å². The molecule has 1 heterocycles. The number of rotatable bonds is 4. The van der Waals surface area contributed by atoms with Gasteiger partial charge in [-0.3, -0.25) is 4.79 Å². The Kier molecular flexibility index (Phi) is 7.74. The van der Waals surface area contributed by atoms with Crippen LogP contribution in [-0.4, -0.2) is 42.2 Å². The standard InChI is InChI=1S/C14H19ClN2OS.ClH/c1-11-8-17(6-5-16-11)14(18)10-19-9-12-3-2-4-13(15)7-12;/h2-4,7,11,16H,5-6,8-10H2,1H3;1H. The second kappa shape index (κ2) is 8.78. The molecule has 1 unspecified atom stereocenters. The van der Waals surface area contributed by atoms with E-state index in [1.807, 2.05) is 29.2 Å². The predicted molar refractivity (Wildman–Crippen MR) is 88.9 cm³/mol. The van der Waals surface area contributed by atoms with Crippen LogP contribution in [0.5, 0.6) is 0 Å². The quantitative estimate of drug-likeness (QED) is 0.918. The first-order chi connectivity index (χ1) is 9.15. The summed E-state index contributed by atoms with van der Waals surface area (Å²) in [6.07, 6.45) is 0. The number of carbonyl (C=O) groups is 1. The van der Waals surface area contributed by atoms with Gasteiger partial charge < -0.3 is 10.2 Å². The van der Waals surface area contributed by atoms with Gasteiger partial charge in [-0.25, -0.2) is 0 Å². The van der Waals surface area contributed by atoms with Gasteiger partial charge in [0.1, 0.15) is 0 Å². The maximum Gasteiger partial charge on any atom is 0.232 e. The predicted octanol–water partition coefficient (Wildman–Crippen LogP) is 2.82. The van der Waals surface area contributed by atoms with Crippen LogP contribution < -0.4 is 5.32 Å². The van der Waals surface area contributed by atoms with Crippen LogP contribution in [0.2, 0.25) is 5.02 Å². The van der Waals surface area contributed by atoms with Crippen LogP contribution in [0.4, 0.5) is 0 Å². The zero-order valence-corrected chi connectivity index (χ0v) is 13.9. The summed E-state index contributed by atoms with van der Waals surface area (Å²) in [5, 5.41) is 4.09. The lowest BCUT2D eigenvalue weighted by Crippen LogP contribution is -2.51. The molecule has 112 valence electrons. The summed E-state index contributed by atoms with van der Waals surface area (Å²) in [4.78, 5) is 14.0. The van der Waals surface area contributed by atoms with Crippen LogP contribution >= 0.6 is 35.8 Å². The Morgan fingerprint density at radius 2 is 2.35 bits per heavy atom. The van der Waals surface area contributed by atoms with Crippen LogP contribution in [-0.2, 0) is 10.5 Å². The molecule has 1 aromatic carbocycles. The van der Waals surface area contributed by atoms with Crippen molar-refractivity contribution < 1.29 is 4.79 Å². The summed E-state index contributed by atoms with van der Waals surface area (Å²) in [6, 6.07) is 8.19. The van der Waals surface area contributed by atoms with Gasteiger partial charge in [-0.2, -0.15) is 0 Å². The molecule has 1 aromatic rings. The maximum absolute atomic E-state index is 12.1. The van der Waals surface area contributed by atoms with E-state index < -0.39 is 0 Å². The van der Waals surface area contributed by atoms with Crippen LogP contribution in [0.3, 0.4) is 0 Å². The van der Waals surface area contributed by atoms with E-state index in [0.29, 0.717) is 11.8 Å². The number of carbonyl (C=O) groups excluding carboxylic acids is 1. The average Bonchev–Trinajstić information content (AvgIpc) is 2.38. The molecule has 0 aromatic heterocycles. The fourth-order valence-electron chi connectivity index (χ4n) is 2.13. The molecule has 1 atom stereocenters. The first-order valence-electron chi connectivity index (χ1n) is 6.48. The van der Waals surface area contributed by atoms with Gasteiger partial charge in [0.05, 0.1) is 5.75 Å².